The Labute approximate surface area is 188 Å². The highest BCUT2D eigenvalue weighted by Crippen LogP contribution is 2.45. The lowest BCUT2D eigenvalue weighted by Gasteiger charge is -2.37. The van der Waals surface area contributed by atoms with Gasteiger partial charge in [-0.3, -0.25) is 5.32 Å². The first-order valence-electron chi connectivity index (χ1n) is 11.6. The normalized spacial score (nSPS) is 17.4. The van der Waals surface area contributed by atoms with Crippen LogP contribution in [-0.4, -0.2) is 22.9 Å². The maximum Gasteiger partial charge on any atom is 0.412 e. The Morgan fingerprint density at radius 3 is 2.50 bits per heavy atom. The van der Waals surface area contributed by atoms with Crippen LogP contribution in [0.25, 0.3) is 22.2 Å². The maximum absolute atomic E-state index is 12.3. The van der Waals surface area contributed by atoms with Gasteiger partial charge in [0, 0.05) is 28.7 Å². The van der Waals surface area contributed by atoms with Crippen LogP contribution in [0.2, 0.25) is 0 Å². The first-order chi connectivity index (χ1) is 15.5. The van der Waals surface area contributed by atoms with E-state index in [4.69, 9.17) is 15.2 Å². The predicted octanol–water partition coefficient (Wildman–Crippen LogP) is 6.51. The lowest BCUT2D eigenvalue weighted by Crippen LogP contribution is -2.39. The van der Waals surface area contributed by atoms with E-state index in [1.54, 1.807) is 0 Å². The number of ether oxygens (including phenoxy) is 2. The van der Waals surface area contributed by atoms with Crippen LogP contribution in [0.5, 0.6) is 5.75 Å². The summed E-state index contributed by atoms with van der Waals surface area (Å²) in [6.07, 6.45) is 6.11. The van der Waals surface area contributed by atoms with E-state index in [2.05, 4.69) is 22.0 Å². The lowest BCUT2D eigenvalue weighted by atomic mass is 9.82. The molecule has 6 nitrogen and oxygen atoms in total. The van der Waals surface area contributed by atoms with E-state index in [0.29, 0.717) is 18.3 Å². The standard InChI is InChI=1S/C26H31N3O3/c1-3-31-20-12-13-21-22(16-20)29(19-6-4-7-19)24(23(21)27)17-8-10-18(11-9-17)28-25(30)32-26(2)14-5-15-26/h8-13,16,19H,3-7,14-15,27H2,1-2H3,(H,28,30). The summed E-state index contributed by atoms with van der Waals surface area (Å²) in [5, 5.41) is 3.90. The molecule has 1 aromatic heterocycles. The third-order valence-electron chi connectivity index (χ3n) is 6.92. The molecule has 0 aliphatic heterocycles. The molecule has 2 fully saturated rings. The number of hydrogen-bond acceptors (Lipinski definition) is 4. The molecule has 0 atom stereocenters. The van der Waals surface area contributed by atoms with E-state index in [0.717, 1.165) is 65.7 Å². The Balaban J connectivity index is 1.46. The quantitative estimate of drug-likeness (QED) is 0.465. The molecule has 3 aromatic rings. The Bertz CT molecular complexity index is 1140. The summed E-state index contributed by atoms with van der Waals surface area (Å²) in [5.74, 6) is 0.864. The zero-order chi connectivity index (χ0) is 22.3. The minimum absolute atomic E-state index is 0.317. The second kappa shape index (κ2) is 8.08. The number of benzene rings is 2. The molecule has 3 N–H and O–H groups in total. The summed E-state index contributed by atoms with van der Waals surface area (Å²) < 4.78 is 13.7. The molecule has 2 aliphatic rings. The molecule has 168 valence electrons. The monoisotopic (exact) mass is 433 g/mol. The summed E-state index contributed by atoms with van der Waals surface area (Å²) >= 11 is 0. The number of anilines is 2. The Hall–Kier alpha value is -3.15. The zero-order valence-electron chi connectivity index (χ0n) is 18.8. The van der Waals surface area contributed by atoms with Crippen molar-refractivity contribution in [2.24, 2.45) is 0 Å². The van der Waals surface area contributed by atoms with Crippen LogP contribution in [0.3, 0.4) is 0 Å². The number of hydrogen-bond donors (Lipinski definition) is 2. The predicted molar refractivity (Wildman–Crippen MR) is 128 cm³/mol. The number of carbonyl (C=O) groups is 1. The topological polar surface area (TPSA) is 78.5 Å². The molecular weight excluding hydrogens is 402 g/mol. The number of rotatable bonds is 6. The van der Waals surface area contributed by atoms with Crippen LogP contribution in [0.1, 0.15) is 58.4 Å². The summed E-state index contributed by atoms with van der Waals surface area (Å²) in [6, 6.07) is 14.4. The SMILES string of the molecule is CCOc1ccc2c(N)c(-c3ccc(NC(=O)OC4(C)CCC4)cc3)n(C3CCC3)c2c1. The Kier molecular flexibility index (Phi) is 5.24. The molecule has 6 heteroatoms. The van der Waals surface area contributed by atoms with Crippen LogP contribution in [0.15, 0.2) is 42.5 Å². The van der Waals surface area contributed by atoms with Gasteiger partial charge in [0.05, 0.1) is 23.5 Å². The molecule has 2 aromatic carbocycles. The molecule has 0 saturated heterocycles. The fraction of sp³-hybridized carbons (Fsp3) is 0.423. The smallest absolute Gasteiger partial charge is 0.412 e. The Morgan fingerprint density at radius 1 is 1.16 bits per heavy atom. The third-order valence-corrected chi connectivity index (χ3v) is 6.92. The molecule has 0 radical (unpaired) electrons. The van der Waals surface area contributed by atoms with Gasteiger partial charge in [0.25, 0.3) is 0 Å². The van der Waals surface area contributed by atoms with Gasteiger partial charge < -0.3 is 19.8 Å². The average molecular weight is 434 g/mol. The van der Waals surface area contributed by atoms with Crippen LogP contribution in [-0.2, 0) is 4.74 Å². The largest absolute Gasteiger partial charge is 0.494 e. The fourth-order valence-corrected chi connectivity index (χ4v) is 4.75. The van der Waals surface area contributed by atoms with Crippen molar-refractivity contribution in [1.82, 2.24) is 4.57 Å². The average Bonchev–Trinajstić information content (AvgIpc) is 2.98. The van der Waals surface area contributed by atoms with E-state index in [9.17, 15) is 4.79 Å². The molecule has 1 amide bonds. The number of aromatic nitrogens is 1. The number of nitrogen functional groups attached to an aromatic ring is 1. The molecule has 2 saturated carbocycles. The minimum Gasteiger partial charge on any atom is -0.494 e. The van der Waals surface area contributed by atoms with Crippen molar-refractivity contribution in [3.63, 3.8) is 0 Å². The third kappa shape index (κ3) is 3.68. The van der Waals surface area contributed by atoms with E-state index >= 15 is 0 Å². The summed E-state index contributed by atoms with van der Waals surface area (Å²) in [5.41, 5.74) is 11.0. The first-order valence-corrected chi connectivity index (χ1v) is 11.6. The molecule has 0 spiro atoms. The van der Waals surface area contributed by atoms with Gasteiger partial charge in [0.2, 0.25) is 0 Å². The van der Waals surface area contributed by atoms with Crippen LogP contribution >= 0.6 is 0 Å². The summed E-state index contributed by atoms with van der Waals surface area (Å²) in [6.45, 7) is 4.61. The van der Waals surface area contributed by atoms with E-state index < -0.39 is 6.09 Å². The molecule has 0 unspecified atom stereocenters. The summed E-state index contributed by atoms with van der Waals surface area (Å²) in [7, 11) is 0. The highest BCUT2D eigenvalue weighted by Gasteiger charge is 2.35. The van der Waals surface area contributed by atoms with E-state index in [1.165, 1.54) is 6.42 Å². The molecule has 5 rings (SSSR count). The number of nitrogens with two attached hydrogens (primary N) is 1. The van der Waals surface area contributed by atoms with Crippen molar-refractivity contribution in [3.8, 4) is 17.0 Å². The van der Waals surface area contributed by atoms with Gasteiger partial charge in [-0.15, -0.1) is 0 Å². The van der Waals surface area contributed by atoms with Crippen LogP contribution in [0, 0.1) is 0 Å². The van der Waals surface area contributed by atoms with Crippen molar-refractivity contribution in [2.45, 2.75) is 64.0 Å². The van der Waals surface area contributed by atoms with Gasteiger partial charge in [-0.25, -0.2) is 4.79 Å². The highest BCUT2D eigenvalue weighted by atomic mass is 16.6. The minimum atomic E-state index is -0.397. The van der Waals surface area contributed by atoms with Crippen LogP contribution < -0.4 is 15.8 Å². The molecular formula is C26H31N3O3. The number of nitrogens with zero attached hydrogens (tertiary/aromatic N) is 1. The second-order valence-corrected chi connectivity index (χ2v) is 9.22. The molecule has 2 aliphatic carbocycles. The molecule has 1 heterocycles. The number of carbonyl (C=O) groups excluding carboxylic acids is 1. The van der Waals surface area contributed by atoms with E-state index in [1.807, 2.05) is 44.2 Å². The summed E-state index contributed by atoms with van der Waals surface area (Å²) in [4.78, 5) is 12.3. The fourth-order valence-electron chi connectivity index (χ4n) is 4.75. The first kappa shape index (κ1) is 20.7. The maximum atomic E-state index is 12.3. The van der Waals surface area contributed by atoms with Crippen LogP contribution in [0.4, 0.5) is 16.2 Å². The number of nitrogens with one attached hydrogen (secondary N) is 1. The number of fused-ring (bicyclic) bond motifs is 1. The van der Waals surface area contributed by atoms with Crippen molar-refractivity contribution in [3.05, 3.63) is 42.5 Å². The molecule has 32 heavy (non-hydrogen) atoms. The zero-order valence-corrected chi connectivity index (χ0v) is 18.8. The van der Waals surface area contributed by atoms with Crippen molar-refractivity contribution >= 4 is 28.4 Å². The van der Waals surface area contributed by atoms with Crippen molar-refractivity contribution < 1.29 is 14.3 Å². The second-order valence-electron chi connectivity index (χ2n) is 9.22. The van der Waals surface area contributed by atoms with Gasteiger partial charge in [-0.05, 0) is 76.6 Å². The lowest BCUT2D eigenvalue weighted by molar-refractivity contribution is -0.0256. The van der Waals surface area contributed by atoms with Gasteiger partial charge >= 0.3 is 6.09 Å². The van der Waals surface area contributed by atoms with Gasteiger partial charge in [-0.2, -0.15) is 0 Å². The van der Waals surface area contributed by atoms with Crippen molar-refractivity contribution in [2.75, 3.05) is 17.7 Å². The molecule has 0 bridgehead atoms. The highest BCUT2D eigenvalue weighted by molar-refractivity contribution is 6.01. The Morgan fingerprint density at radius 2 is 1.91 bits per heavy atom. The van der Waals surface area contributed by atoms with Gasteiger partial charge in [0.15, 0.2) is 0 Å². The van der Waals surface area contributed by atoms with Gasteiger partial charge in [-0.1, -0.05) is 12.1 Å². The number of amides is 1. The van der Waals surface area contributed by atoms with Gasteiger partial charge in [0.1, 0.15) is 11.4 Å². The van der Waals surface area contributed by atoms with E-state index in [-0.39, 0.29) is 5.60 Å². The van der Waals surface area contributed by atoms with Crippen molar-refractivity contribution in [1.29, 1.82) is 0 Å².